The normalized spacial score (nSPS) is 11.3. The Morgan fingerprint density at radius 3 is 2.18 bits per heavy atom. The predicted molar refractivity (Wildman–Crippen MR) is 149 cm³/mol. The smallest absolute Gasteiger partial charge is 0.254 e. The van der Waals surface area contributed by atoms with Crippen LogP contribution in [0.25, 0.3) is 11.1 Å². The molecule has 0 aliphatic rings. The largest absolute Gasteiger partial charge is 0.493 e. The molecular formula is C29H34N4O5. The number of hydrogen-bond donors (Lipinski definition) is 4. The molecule has 4 N–H and O–H groups in total. The van der Waals surface area contributed by atoms with Crippen molar-refractivity contribution in [3.05, 3.63) is 78.4 Å². The summed E-state index contributed by atoms with van der Waals surface area (Å²) in [5, 5.41) is 18.0. The van der Waals surface area contributed by atoms with Gasteiger partial charge in [-0.3, -0.25) is 14.4 Å². The van der Waals surface area contributed by atoms with Gasteiger partial charge in [-0.05, 0) is 53.9 Å². The summed E-state index contributed by atoms with van der Waals surface area (Å²) in [5.74, 6) is -1.06. The maximum atomic E-state index is 12.9. The van der Waals surface area contributed by atoms with Gasteiger partial charge in [0.25, 0.3) is 5.91 Å². The molecule has 0 aromatic heterocycles. The van der Waals surface area contributed by atoms with Crippen molar-refractivity contribution in [1.82, 2.24) is 10.2 Å². The van der Waals surface area contributed by atoms with Gasteiger partial charge in [-0.15, -0.1) is 0 Å². The van der Waals surface area contributed by atoms with Crippen LogP contribution in [0.15, 0.2) is 72.8 Å². The van der Waals surface area contributed by atoms with Gasteiger partial charge in [0.2, 0.25) is 5.91 Å². The highest BCUT2D eigenvalue weighted by molar-refractivity contribution is 6.10. The van der Waals surface area contributed by atoms with Gasteiger partial charge in [0, 0.05) is 50.7 Å². The quantitative estimate of drug-likeness (QED) is 0.203. The number of likely N-dealkylation sites (N-methyl/N-ethyl adjacent to an activating group) is 2. The van der Waals surface area contributed by atoms with Crippen LogP contribution in [-0.2, 0) is 9.59 Å². The number of carbonyl (C=O) groups is 3. The molecule has 0 bridgehead atoms. The Labute approximate surface area is 222 Å². The first-order valence-corrected chi connectivity index (χ1v) is 12.3. The molecule has 3 aromatic rings. The third kappa shape index (κ3) is 7.33. The lowest BCUT2D eigenvalue weighted by molar-refractivity contribution is -0.135. The molecule has 0 saturated heterocycles. The molecule has 9 heteroatoms. The Morgan fingerprint density at radius 2 is 1.58 bits per heavy atom. The number of anilines is 2. The van der Waals surface area contributed by atoms with Crippen LogP contribution in [0.5, 0.6) is 5.75 Å². The molecule has 0 fully saturated rings. The predicted octanol–water partition coefficient (Wildman–Crippen LogP) is 3.02. The van der Waals surface area contributed by atoms with E-state index in [1.807, 2.05) is 67.7 Å². The van der Waals surface area contributed by atoms with Crippen molar-refractivity contribution in [1.29, 1.82) is 0 Å². The highest BCUT2D eigenvalue weighted by Gasteiger charge is 2.32. The molecule has 0 heterocycles. The number of nitrogens with one attached hydrogen (secondary N) is 3. The van der Waals surface area contributed by atoms with Crippen LogP contribution in [0.3, 0.4) is 0 Å². The first-order valence-electron chi connectivity index (χ1n) is 12.3. The van der Waals surface area contributed by atoms with Gasteiger partial charge in [-0.1, -0.05) is 30.3 Å². The van der Waals surface area contributed by atoms with Crippen molar-refractivity contribution < 1.29 is 24.2 Å². The Morgan fingerprint density at radius 1 is 0.921 bits per heavy atom. The molecule has 0 spiro atoms. The monoisotopic (exact) mass is 518 g/mol. The zero-order chi connectivity index (χ0) is 27.5. The molecule has 9 nitrogen and oxygen atoms in total. The number of aliphatic hydroxyl groups is 1. The molecule has 3 aromatic carbocycles. The van der Waals surface area contributed by atoms with Crippen LogP contribution < -0.4 is 20.7 Å². The second-order valence-electron chi connectivity index (χ2n) is 8.62. The summed E-state index contributed by atoms with van der Waals surface area (Å²) in [5.41, 5.74) is 4.23. The summed E-state index contributed by atoms with van der Waals surface area (Å²) < 4.78 is 5.80. The van der Waals surface area contributed by atoms with Gasteiger partial charge < -0.3 is 30.7 Å². The maximum Gasteiger partial charge on any atom is 0.254 e. The van der Waals surface area contributed by atoms with Crippen molar-refractivity contribution in [3.63, 3.8) is 0 Å². The van der Waals surface area contributed by atoms with E-state index in [1.54, 1.807) is 12.1 Å². The number of amides is 2. The summed E-state index contributed by atoms with van der Waals surface area (Å²) in [4.78, 5) is 38.0. The van der Waals surface area contributed by atoms with E-state index < -0.39 is 30.2 Å². The highest BCUT2D eigenvalue weighted by atomic mass is 16.5. The number of nitrogens with zero attached hydrogens (tertiary/aromatic N) is 1. The number of rotatable bonds is 13. The van der Waals surface area contributed by atoms with Gasteiger partial charge in [-0.2, -0.15) is 0 Å². The fourth-order valence-electron chi connectivity index (χ4n) is 3.90. The van der Waals surface area contributed by atoms with E-state index in [0.29, 0.717) is 12.2 Å². The van der Waals surface area contributed by atoms with Crippen LogP contribution in [0.2, 0.25) is 0 Å². The lowest BCUT2D eigenvalue weighted by atomic mass is 10.0. The summed E-state index contributed by atoms with van der Waals surface area (Å²) in [7, 11) is 4.61. The van der Waals surface area contributed by atoms with Crippen molar-refractivity contribution in [2.45, 2.75) is 12.5 Å². The summed E-state index contributed by atoms with van der Waals surface area (Å²) >= 11 is 0. The summed E-state index contributed by atoms with van der Waals surface area (Å²) in [6.07, 6.45) is 0.847. The van der Waals surface area contributed by atoms with Gasteiger partial charge in [0.15, 0.2) is 11.8 Å². The zero-order valence-electron chi connectivity index (χ0n) is 21.9. The van der Waals surface area contributed by atoms with E-state index in [9.17, 15) is 19.5 Å². The minimum Gasteiger partial charge on any atom is -0.493 e. The van der Waals surface area contributed by atoms with E-state index in [4.69, 9.17) is 4.74 Å². The first kappa shape index (κ1) is 28.2. The topological polar surface area (TPSA) is 120 Å². The van der Waals surface area contributed by atoms with Gasteiger partial charge >= 0.3 is 0 Å². The number of hydrogen-bond acceptors (Lipinski definition) is 7. The first-order chi connectivity index (χ1) is 18.4. The Balaban J connectivity index is 1.53. The van der Waals surface area contributed by atoms with E-state index in [0.717, 1.165) is 46.1 Å². The fraction of sp³-hybridized carbons (Fsp3) is 0.276. The van der Waals surface area contributed by atoms with E-state index >= 15 is 0 Å². The Hall–Kier alpha value is -4.37. The molecule has 1 unspecified atom stereocenters. The molecule has 0 saturated carbocycles. The van der Waals surface area contributed by atoms with Crippen LogP contribution in [0, 0.1) is 0 Å². The van der Waals surface area contributed by atoms with Gasteiger partial charge in [0.05, 0.1) is 6.61 Å². The molecule has 0 aliphatic carbocycles. The number of ketones is 1. The highest BCUT2D eigenvalue weighted by Crippen LogP contribution is 2.23. The second-order valence-corrected chi connectivity index (χ2v) is 8.62. The van der Waals surface area contributed by atoms with E-state index in [1.165, 1.54) is 14.1 Å². The number of ether oxygens (including phenoxy) is 1. The van der Waals surface area contributed by atoms with Crippen molar-refractivity contribution >= 4 is 29.0 Å². The average Bonchev–Trinajstić information content (AvgIpc) is 2.96. The van der Waals surface area contributed by atoms with Crippen LogP contribution in [0.1, 0.15) is 16.8 Å². The zero-order valence-corrected chi connectivity index (χ0v) is 21.9. The minimum atomic E-state index is -1.40. The molecule has 3 rings (SSSR count). The molecule has 200 valence electrons. The Bertz CT molecular complexity index is 1210. The van der Waals surface area contributed by atoms with Crippen LogP contribution in [0.4, 0.5) is 11.4 Å². The fourth-order valence-corrected chi connectivity index (χ4v) is 3.90. The van der Waals surface area contributed by atoms with Crippen molar-refractivity contribution in [3.8, 4) is 16.9 Å². The van der Waals surface area contributed by atoms with E-state index in [-0.39, 0.29) is 0 Å². The third-order valence-corrected chi connectivity index (χ3v) is 6.05. The standard InChI is InChI=1S/C29H34N4O5/c1-30-24-6-4-7-25(18-24)38-17-5-16-32-23-14-12-21(13-15-23)20-8-10-22(11-9-20)29(37)33(3)27(26(35)19-34)28(36)31-2/h4,6-15,18,27,30,32,34H,5,16-17,19H2,1-3H3,(H,31,36). The summed E-state index contributed by atoms with van der Waals surface area (Å²) in [6, 6.07) is 21.3. The Kier molecular flexibility index (Phi) is 10.2. The maximum absolute atomic E-state index is 12.9. The van der Waals surface area contributed by atoms with Crippen LogP contribution in [-0.4, -0.2) is 74.5 Å². The number of aliphatic hydroxyl groups excluding tert-OH is 1. The number of Topliss-reactive ketones (excluding diaryl/α,β-unsaturated/α-hetero) is 1. The molecule has 0 aliphatic heterocycles. The molecule has 0 radical (unpaired) electrons. The average molecular weight is 519 g/mol. The number of carbonyl (C=O) groups excluding carboxylic acids is 3. The minimum absolute atomic E-state index is 0.328. The lowest BCUT2D eigenvalue weighted by Crippen LogP contribution is -2.52. The van der Waals surface area contributed by atoms with Gasteiger partial charge in [0.1, 0.15) is 12.4 Å². The summed E-state index contributed by atoms with van der Waals surface area (Å²) in [6.45, 7) is 0.542. The molecule has 38 heavy (non-hydrogen) atoms. The molecule has 2 amide bonds. The second kappa shape index (κ2) is 13.8. The van der Waals surface area contributed by atoms with Crippen molar-refractivity contribution in [2.75, 3.05) is 51.5 Å². The molecular weight excluding hydrogens is 484 g/mol. The third-order valence-electron chi connectivity index (χ3n) is 6.05. The SMILES string of the molecule is CNC(=O)C(C(=O)CO)N(C)C(=O)c1ccc(-c2ccc(NCCCOc3cccc(NC)c3)cc2)cc1. The van der Waals surface area contributed by atoms with Crippen molar-refractivity contribution in [2.24, 2.45) is 0 Å². The lowest BCUT2D eigenvalue weighted by Gasteiger charge is -2.25. The molecule has 1 atom stereocenters. The number of benzene rings is 3. The van der Waals surface area contributed by atoms with Crippen LogP contribution >= 0.6 is 0 Å². The van der Waals surface area contributed by atoms with E-state index in [2.05, 4.69) is 16.0 Å². The van der Waals surface area contributed by atoms with Gasteiger partial charge in [-0.25, -0.2) is 0 Å².